The van der Waals surface area contributed by atoms with E-state index in [1.54, 1.807) is 6.20 Å². The Morgan fingerprint density at radius 2 is 2.05 bits per heavy atom. The second-order valence-electron chi connectivity index (χ2n) is 5.05. The Morgan fingerprint density at radius 1 is 1.25 bits per heavy atom. The van der Waals surface area contributed by atoms with Crippen LogP contribution in [0.3, 0.4) is 0 Å². The Labute approximate surface area is 119 Å². The number of anilines is 3. The number of hydrogen-bond acceptors (Lipinski definition) is 5. The van der Waals surface area contributed by atoms with Crippen molar-refractivity contribution < 1.29 is 0 Å². The molecule has 0 bridgehead atoms. The topological polar surface area (TPSA) is 62.7 Å². The van der Waals surface area contributed by atoms with Crippen molar-refractivity contribution in [1.29, 1.82) is 0 Å². The molecule has 0 aliphatic heterocycles. The Hall–Kier alpha value is -2.17. The second-order valence-corrected chi connectivity index (χ2v) is 5.05. The van der Waals surface area contributed by atoms with Gasteiger partial charge in [0, 0.05) is 11.7 Å². The normalized spacial score (nSPS) is 10.7. The lowest BCUT2D eigenvalue weighted by molar-refractivity contribution is 0.852. The molecular formula is C15H21N5. The molecule has 2 N–H and O–H groups in total. The lowest BCUT2D eigenvalue weighted by Gasteiger charge is -2.14. The molecule has 0 aliphatic carbocycles. The number of para-hydroxylation sites is 1. The van der Waals surface area contributed by atoms with Crippen molar-refractivity contribution in [3.05, 3.63) is 35.5 Å². The van der Waals surface area contributed by atoms with Gasteiger partial charge < -0.3 is 10.6 Å². The maximum absolute atomic E-state index is 4.43. The van der Waals surface area contributed by atoms with Gasteiger partial charge in [0.1, 0.15) is 0 Å². The Balaban J connectivity index is 2.26. The minimum absolute atomic E-state index is 0.275. The van der Waals surface area contributed by atoms with Gasteiger partial charge in [-0.1, -0.05) is 25.1 Å². The largest absolute Gasteiger partial charge is 0.351 e. The van der Waals surface area contributed by atoms with Crippen LogP contribution in [0, 0.1) is 6.92 Å². The van der Waals surface area contributed by atoms with E-state index in [2.05, 4.69) is 57.9 Å². The summed E-state index contributed by atoms with van der Waals surface area (Å²) < 4.78 is 0. The third kappa shape index (κ3) is 3.44. The third-order valence-electron chi connectivity index (χ3n) is 2.97. The van der Waals surface area contributed by atoms with E-state index in [1.807, 2.05) is 13.8 Å². The van der Waals surface area contributed by atoms with Gasteiger partial charge in [-0.15, -0.1) is 5.10 Å². The number of nitrogens with one attached hydrogen (secondary N) is 2. The Kier molecular flexibility index (Phi) is 4.50. The van der Waals surface area contributed by atoms with Crippen molar-refractivity contribution in [2.24, 2.45) is 0 Å². The summed E-state index contributed by atoms with van der Waals surface area (Å²) in [5.74, 6) is 1.24. The SMILES string of the molecule is CCc1cccc(C)c1Nc1cnnc(NC(C)C)n1. The predicted molar refractivity (Wildman–Crippen MR) is 82.4 cm³/mol. The van der Waals surface area contributed by atoms with E-state index in [9.17, 15) is 0 Å². The van der Waals surface area contributed by atoms with Crippen LogP contribution in [0.5, 0.6) is 0 Å². The van der Waals surface area contributed by atoms with Crippen molar-refractivity contribution in [2.75, 3.05) is 10.6 Å². The van der Waals surface area contributed by atoms with Crippen molar-refractivity contribution in [3.8, 4) is 0 Å². The fraction of sp³-hybridized carbons (Fsp3) is 0.400. The number of nitrogens with zero attached hydrogens (tertiary/aromatic N) is 3. The molecule has 0 unspecified atom stereocenters. The number of rotatable bonds is 5. The van der Waals surface area contributed by atoms with Gasteiger partial charge >= 0.3 is 0 Å². The molecule has 2 aromatic rings. The first-order valence-electron chi connectivity index (χ1n) is 6.92. The van der Waals surface area contributed by atoms with E-state index in [0.29, 0.717) is 11.8 Å². The van der Waals surface area contributed by atoms with Crippen molar-refractivity contribution in [1.82, 2.24) is 15.2 Å². The smallest absolute Gasteiger partial charge is 0.244 e. The van der Waals surface area contributed by atoms with Crippen LogP contribution < -0.4 is 10.6 Å². The summed E-state index contributed by atoms with van der Waals surface area (Å²) >= 11 is 0. The summed E-state index contributed by atoms with van der Waals surface area (Å²) in [5.41, 5.74) is 3.56. The first-order valence-corrected chi connectivity index (χ1v) is 6.92. The molecule has 1 heterocycles. The maximum Gasteiger partial charge on any atom is 0.244 e. The molecule has 1 aromatic heterocycles. The zero-order valence-corrected chi connectivity index (χ0v) is 12.4. The molecule has 0 radical (unpaired) electrons. The van der Waals surface area contributed by atoms with Gasteiger partial charge in [0.05, 0.1) is 6.20 Å². The molecular weight excluding hydrogens is 250 g/mol. The molecule has 0 fully saturated rings. The van der Waals surface area contributed by atoms with E-state index in [-0.39, 0.29) is 6.04 Å². The molecule has 106 valence electrons. The lowest BCUT2D eigenvalue weighted by atomic mass is 10.1. The van der Waals surface area contributed by atoms with Crippen molar-refractivity contribution >= 4 is 17.5 Å². The highest BCUT2D eigenvalue weighted by atomic mass is 15.3. The van der Waals surface area contributed by atoms with E-state index < -0.39 is 0 Å². The number of hydrogen-bond donors (Lipinski definition) is 2. The standard InChI is InChI=1S/C15H21N5/c1-5-12-8-6-7-11(4)14(12)18-13-9-16-20-15(19-13)17-10(2)3/h6-10H,5H2,1-4H3,(H2,17,18,19,20). The van der Waals surface area contributed by atoms with Crippen LogP contribution in [0.25, 0.3) is 0 Å². The van der Waals surface area contributed by atoms with Gasteiger partial charge in [0.2, 0.25) is 5.95 Å². The first-order chi connectivity index (χ1) is 9.60. The average Bonchev–Trinajstić information content (AvgIpc) is 2.41. The van der Waals surface area contributed by atoms with Crippen molar-refractivity contribution in [2.45, 2.75) is 40.2 Å². The summed E-state index contributed by atoms with van der Waals surface area (Å²) in [6, 6.07) is 6.56. The Bertz CT molecular complexity index is 580. The molecule has 5 nitrogen and oxygen atoms in total. The molecule has 0 atom stereocenters. The molecule has 20 heavy (non-hydrogen) atoms. The van der Waals surface area contributed by atoms with Crippen LogP contribution >= 0.6 is 0 Å². The molecule has 0 aliphatic rings. The summed E-state index contributed by atoms with van der Waals surface area (Å²) in [4.78, 5) is 4.43. The zero-order valence-electron chi connectivity index (χ0n) is 12.4. The molecule has 2 rings (SSSR count). The van der Waals surface area contributed by atoms with Crippen LogP contribution in [-0.2, 0) is 6.42 Å². The quantitative estimate of drug-likeness (QED) is 0.873. The molecule has 1 aromatic carbocycles. The molecule has 0 amide bonds. The fourth-order valence-corrected chi connectivity index (χ4v) is 2.01. The Morgan fingerprint density at radius 3 is 2.75 bits per heavy atom. The van der Waals surface area contributed by atoms with Crippen LogP contribution in [-0.4, -0.2) is 21.2 Å². The maximum atomic E-state index is 4.43. The van der Waals surface area contributed by atoms with Crippen LogP contribution in [0.4, 0.5) is 17.5 Å². The van der Waals surface area contributed by atoms with Gasteiger partial charge in [-0.3, -0.25) is 0 Å². The molecule has 0 saturated heterocycles. The van der Waals surface area contributed by atoms with E-state index in [1.165, 1.54) is 11.1 Å². The number of benzene rings is 1. The van der Waals surface area contributed by atoms with Crippen LogP contribution in [0.1, 0.15) is 31.9 Å². The summed E-state index contributed by atoms with van der Waals surface area (Å²) in [7, 11) is 0. The van der Waals surface area contributed by atoms with Crippen molar-refractivity contribution in [3.63, 3.8) is 0 Å². The summed E-state index contributed by atoms with van der Waals surface area (Å²) in [6.45, 7) is 8.31. The van der Waals surface area contributed by atoms with Gasteiger partial charge in [-0.25, -0.2) is 0 Å². The van der Waals surface area contributed by atoms with Crippen LogP contribution in [0.2, 0.25) is 0 Å². The third-order valence-corrected chi connectivity index (χ3v) is 2.97. The second kappa shape index (κ2) is 6.32. The van der Waals surface area contributed by atoms with Crippen LogP contribution in [0.15, 0.2) is 24.4 Å². The van der Waals surface area contributed by atoms with Gasteiger partial charge in [0.15, 0.2) is 5.82 Å². The highest BCUT2D eigenvalue weighted by molar-refractivity contribution is 5.64. The summed E-state index contributed by atoms with van der Waals surface area (Å²) in [6.07, 6.45) is 2.61. The highest BCUT2D eigenvalue weighted by Gasteiger charge is 2.07. The van der Waals surface area contributed by atoms with E-state index in [4.69, 9.17) is 0 Å². The number of aromatic nitrogens is 3. The monoisotopic (exact) mass is 271 g/mol. The van der Waals surface area contributed by atoms with Gasteiger partial charge in [-0.05, 0) is 38.3 Å². The minimum atomic E-state index is 0.275. The van der Waals surface area contributed by atoms with Gasteiger partial charge in [0.25, 0.3) is 0 Å². The highest BCUT2D eigenvalue weighted by Crippen LogP contribution is 2.24. The summed E-state index contributed by atoms with van der Waals surface area (Å²) in [5, 5.41) is 14.5. The average molecular weight is 271 g/mol. The molecule has 5 heteroatoms. The van der Waals surface area contributed by atoms with E-state index in [0.717, 1.165) is 12.1 Å². The first kappa shape index (κ1) is 14.2. The lowest BCUT2D eigenvalue weighted by Crippen LogP contribution is -2.13. The number of aryl methyl sites for hydroxylation is 2. The van der Waals surface area contributed by atoms with E-state index >= 15 is 0 Å². The minimum Gasteiger partial charge on any atom is -0.351 e. The molecule has 0 spiro atoms. The van der Waals surface area contributed by atoms with Gasteiger partial charge in [-0.2, -0.15) is 10.1 Å². The molecule has 0 saturated carbocycles. The predicted octanol–water partition coefficient (Wildman–Crippen LogP) is 3.31. The fourth-order valence-electron chi connectivity index (χ4n) is 2.01. The zero-order chi connectivity index (χ0) is 14.5.